The van der Waals surface area contributed by atoms with Gasteiger partial charge in [0.15, 0.2) is 11.2 Å². The Bertz CT molecular complexity index is 1450. The summed E-state index contributed by atoms with van der Waals surface area (Å²) < 4.78 is 23.8. The van der Waals surface area contributed by atoms with Crippen LogP contribution in [0.3, 0.4) is 0 Å². The van der Waals surface area contributed by atoms with Gasteiger partial charge in [-0.2, -0.15) is 4.98 Å². The molecule has 32 heavy (non-hydrogen) atoms. The van der Waals surface area contributed by atoms with E-state index in [4.69, 9.17) is 4.74 Å². The molecule has 5 rings (SSSR count). The molecule has 2 aromatic carbocycles. The van der Waals surface area contributed by atoms with Crippen LogP contribution in [0.25, 0.3) is 11.2 Å². The van der Waals surface area contributed by atoms with Crippen molar-refractivity contribution in [1.82, 2.24) is 18.7 Å². The number of benzene rings is 2. The lowest BCUT2D eigenvalue weighted by molar-refractivity contribution is 0.415. The van der Waals surface area contributed by atoms with Gasteiger partial charge in [0.2, 0.25) is 5.95 Å². The zero-order chi connectivity index (χ0) is 22.4. The third-order valence-electron chi connectivity index (χ3n) is 5.87. The second kappa shape index (κ2) is 7.67. The zero-order valence-electron chi connectivity index (χ0n) is 17.8. The summed E-state index contributed by atoms with van der Waals surface area (Å²) >= 11 is 0. The molecule has 0 saturated heterocycles. The average molecular weight is 435 g/mol. The molecule has 0 bridgehead atoms. The van der Waals surface area contributed by atoms with Crippen LogP contribution in [0.2, 0.25) is 0 Å². The van der Waals surface area contributed by atoms with Gasteiger partial charge in [-0.05, 0) is 24.6 Å². The molecule has 3 heterocycles. The highest BCUT2D eigenvalue weighted by molar-refractivity contribution is 5.77. The van der Waals surface area contributed by atoms with Crippen LogP contribution in [0.5, 0.6) is 5.75 Å². The molecule has 1 aliphatic heterocycles. The van der Waals surface area contributed by atoms with Crippen molar-refractivity contribution in [3.8, 4) is 5.75 Å². The number of nitrogens with zero attached hydrogens (tertiary/aromatic N) is 5. The maximum Gasteiger partial charge on any atom is 0.332 e. The van der Waals surface area contributed by atoms with Crippen LogP contribution < -0.4 is 20.9 Å². The molecule has 2 aromatic heterocycles. The average Bonchev–Trinajstić information content (AvgIpc) is 3.21. The van der Waals surface area contributed by atoms with Gasteiger partial charge in [0.1, 0.15) is 11.6 Å². The second-order valence-electron chi connectivity index (χ2n) is 7.77. The number of aromatic nitrogens is 4. The maximum atomic E-state index is 14.2. The minimum atomic E-state index is -0.533. The van der Waals surface area contributed by atoms with Crippen LogP contribution in [0.4, 0.5) is 16.0 Å². The highest BCUT2D eigenvalue weighted by Crippen LogP contribution is 2.32. The minimum Gasteiger partial charge on any atom is -0.497 e. The van der Waals surface area contributed by atoms with Gasteiger partial charge in [0, 0.05) is 37.5 Å². The molecular weight excluding hydrogens is 413 g/mol. The predicted molar refractivity (Wildman–Crippen MR) is 119 cm³/mol. The second-order valence-corrected chi connectivity index (χ2v) is 7.77. The number of ether oxygens (including phenoxy) is 1. The highest BCUT2D eigenvalue weighted by atomic mass is 19.1. The first kappa shape index (κ1) is 20.0. The first-order valence-electron chi connectivity index (χ1n) is 10.3. The van der Waals surface area contributed by atoms with Crippen molar-refractivity contribution in [2.24, 2.45) is 7.05 Å². The summed E-state index contributed by atoms with van der Waals surface area (Å²) in [5.41, 5.74) is 0.812. The molecule has 164 valence electrons. The van der Waals surface area contributed by atoms with Crippen LogP contribution >= 0.6 is 0 Å². The predicted octanol–water partition coefficient (Wildman–Crippen LogP) is 2.63. The largest absolute Gasteiger partial charge is 0.497 e. The van der Waals surface area contributed by atoms with E-state index in [0.29, 0.717) is 30.2 Å². The van der Waals surface area contributed by atoms with E-state index >= 15 is 0 Å². The molecule has 4 aromatic rings. The maximum absolute atomic E-state index is 14.2. The Labute approximate surface area is 182 Å². The Morgan fingerprint density at radius 2 is 1.91 bits per heavy atom. The van der Waals surface area contributed by atoms with Crippen molar-refractivity contribution in [2.75, 3.05) is 18.6 Å². The van der Waals surface area contributed by atoms with E-state index in [2.05, 4.69) is 4.98 Å². The summed E-state index contributed by atoms with van der Waals surface area (Å²) in [7, 11) is 3.19. The van der Waals surface area contributed by atoms with E-state index in [0.717, 1.165) is 22.4 Å². The molecule has 0 amide bonds. The number of hydrogen-bond acceptors (Lipinski definition) is 5. The van der Waals surface area contributed by atoms with Crippen LogP contribution in [-0.4, -0.2) is 32.3 Å². The van der Waals surface area contributed by atoms with E-state index in [9.17, 15) is 14.0 Å². The molecule has 9 heteroatoms. The number of methoxy groups -OCH3 is 1. The monoisotopic (exact) mass is 435 g/mol. The highest BCUT2D eigenvalue weighted by Gasteiger charge is 2.27. The smallest absolute Gasteiger partial charge is 0.332 e. The normalized spacial score (nSPS) is 13.4. The molecule has 0 unspecified atom stereocenters. The molecule has 0 aliphatic carbocycles. The van der Waals surface area contributed by atoms with Gasteiger partial charge in [0.05, 0.1) is 13.7 Å². The van der Waals surface area contributed by atoms with Crippen LogP contribution in [0.15, 0.2) is 58.1 Å². The van der Waals surface area contributed by atoms with E-state index < -0.39 is 17.1 Å². The SMILES string of the molecule is COc1cccc(N2CCCn3c2nc2c3c(=O)n(Cc3ccccc3F)c(=O)n2C)c1. The molecule has 0 saturated carbocycles. The van der Waals surface area contributed by atoms with Gasteiger partial charge in [0.25, 0.3) is 5.56 Å². The summed E-state index contributed by atoms with van der Waals surface area (Å²) in [4.78, 5) is 33.1. The Morgan fingerprint density at radius 3 is 2.69 bits per heavy atom. The van der Waals surface area contributed by atoms with E-state index in [1.807, 2.05) is 33.7 Å². The number of hydrogen-bond donors (Lipinski definition) is 0. The fourth-order valence-corrected chi connectivity index (χ4v) is 4.22. The summed E-state index contributed by atoms with van der Waals surface area (Å²) in [5, 5.41) is 0. The summed E-state index contributed by atoms with van der Waals surface area (Å²) in [5.74, 6) is 0.853. The Morgan fingerprint density at radius 1 is 1.09 bits per heavy atom. The van der Waals surface area contributed by atoms with Crippen LogP contribution in [-0.2, 0) is 20.1 Å². The van der Waals surface area contributed by atoms with E-state index in [-0.39, 0.29) is 12.1 Å². The lowest BCUT2D eigenvalue weighted by Gasteiger charge is -2.29. The Hall–Kier alpha value is -3.88. The van der Waals surface area contributed by atoms with Crippen molar-refractivity contribution in [3.05, 3.63) is 80.7 Å². The molecule has 1 aliphatic rings. The number of imidazole rings is 1. The van der Waals surface area contributed by atoms with Gasteiger partial charge in [-0.25, -0.2) is 9.18 Å². The third kappa shape index (κ3) is 3.08. The van der Waals surface area contributed by atoms with Crippen molar-refractivity contribution in [3.63, 3.8) is 0 Å². The lowest BCUT2D eigenvalue weighted by Crippen LogP contribution is -2.40. The summed E-state index contributed by atoms with van der Waals surface area (Å²) in [6.07, 6.45) is 0.797. The number of aryl methyl sites for hydroxylation is 2. The summed E-state index contributed by atoms with van der Waals surface area (Å²) in [6.45, 7) is 1.17. The number of rotatable bonds is 4. The van der Waals surface area contributed by atoms with Crippen molar-refractivity contribution < 1.29 is 9.13 Å². The van der Waals surface area contributed by atoms with Crippen molar-refractivity contribution >= 4 is 22.8 Å². The van der Waals surface area contributed by atoms with Crippen molar-refractivity contribution in [1.29, 1.82) is 0 Å². The fourth-order valence-electron chi connectivity index (χ4n) is 4.22. The first-order valence-corrected chi connectivity index (χ1v) is 10.3. The van der Waals surface area contributed by atoms with Gasteiger partial charge in [-0.3, -0.25) is 13.9 Å². The number of halogens is 1. The lowest BCUT2D eigenvalue weighted by atomic mass is 10.2. The van der Waals surface area contributed by atoms with E-state index in [1.54, 1.807) is 32.4 Å². The number of anilines is 2. The molecular formula is C23H22FN5O3. The minimum absolute atomic E-state index is 0.145. The fraction of sp³-hybridized carbons (Fsp3) is 0.261. The van der Waals surface area contributed by atoms with Gasteiger partial charge < -0.3 is 14.2 Å². The Balaban J connectivity index is 1.70. The Kier molecular flexibility index (Phi) is 4.80. The van der Waals surface area contributed by atoms with Gasteiger partial charge >= 0.3 is 5.69 Å². The molecule has 8 nitrogen and oxygen atoms in total. The van der Waals surface area contributed by atoms with Crippen LogP contribution in [0, 0.1) is 5.82 Å². The first-order chi connectivity index (χ1) is 15.5. The molecule has 0 fully saturated rings. The van der Waals surface area contributed by atoms with Gasteiger partial charge in [-0.1, -0.05) is 24.3 Å². The molecule has 0 spiro atoms. The van der Waals surface area contributed by atoms with Crippen LogP contribution in [0.1, 0.15) is 12.0 Å². The zero-order valence-corrected chi connectivity index (χ0v) is 17.8. The summed E-state index contributed by atoms with van der Waals surface area (Å²) in [6, 6.07) is 13.8. The molecule has 0 radical (unpaired) electrons. The topological polar surface area (TPSA) is 74.3 Å². The van der Waals surface area contributed by atoms with Crippen molar-refractivity contribution in [2.45, 2.75) is 19.5 Å². The van der Waals surface area contributed by atoms with E-state index in [1.165, 1.54) is 10.6 Å². The quantitative estimate of drug-likeness (QED) is 0.493. The molecule has 0 N–H and O–H groups in total. The third-order valence-corrected chi connectivity index (χ3v) is 5.87. The number of fused-ring (bicyclic) bond motifs is 3. The molecule has 0 atom stereocenters. The van der Waals surface area contributed by atoms with Gasteiger partial charge in [-0.15, -0.1) is 0 Å². The standard InChI is InChI=1S/C23H22FN5O3/c1-26-20-19(21(30)29(23(26)31)14-15-7-3-4-10-18(15)24)28-12-6-11-27(22(28)25-20)16-8-5-9-17(13-16)32-2/h3-5,7-10,13H,6,11-12,14H2,1-2H3.